The summed E-state index contributed by atoms with van der Waals surface area (Å²) < 4.78 is 13.2. The van der Waals surface area contributed by atoms with E-state index in [1.54, 1.807) is 6.07 Å². The van der Waals surface area contributed by atoms with E-state index in [1.807, 2.05) is 0 Å². The Morgan fingerprint density at radius 3 is 2.96 bits per heavy atom. The molecule has 0 bridgehead atoms. The van der Waals surface area contributed by atoms with Gasteiger partial charge in [0, 0.05) is 18.4 Å². The molecule has 25 heavy (non-hydrogen) atoms. The molecular formula is C19H21FN4O. The maximum atomic E-state index is 13.2. The fourth-order valence-electron chi connectivity index (χ4n) is 2.80. The fourth-order valence-corrected chi connectivity index (χ4v) is 2.80. The summed E-state index contributed by atoms with van der Waals surface area (Å²) in [7, 11) is 0. The van der Waals surface area contributed by atoms with Gasteiger partial charge in [0.15, 0.2) is 0 Å². The van der Waals surface area contributed by atoms with Crippen LogP contribution in [0.25, 0.3) is 0 Å². The molecule has 0 atom stereocenters. The number of nitrogens with zero attached hydrogens (tertiary/aromatic N) is 2. The zero-order valence-corrected chi connectivity index (χ0v) is 14.0. The van der Waals surface area contributed by atoms with Crippen molar-refractivity contribution in [1.82, 2.24) is 9.97 Å². The van der Waals surface area contributed by atoms with Gasteiger partial charge in [0.25, 0.3) is 5.91 Å². The smallest absolute Gasteiger partial charge is 0.274 e. The first-order valence-electron chi connectivity index (χ1n) is 8.52. The van der Waals surface area contributed by atoms with Crippen molar-refractivity contribution in [3.05, 3.63) is 59.7 Å². The molecule has 0 saturated carbocycles. The fraction of sp³-hybridized carbons (Fsp3) is 0.316. The Morgan fingerprint density at radius 2 is 2.16 bits per heavy atom. The predicted molar refractivity (Wildman–Crippen MR) is 96.0 cm³/mol. The minimum atomic E-state index is -0.403. The summed E-state index contributed by atoms with van der Waals surface area (Å²) in [5.74, 6) is -0.380. The molecule has 0 saturated heterocycles. The van der Waals surface area contributed by atoms with Crippen LogP contribution in [0.3, 0.4) is 0 Å². The maximum absolute atomic E-state index is 13.2. The molecule has 1 aliphatic rings. The molecule has 6 heteroatoms. The lowest BCUT2D eigenvalue weighted by Crippen LogP contribution is -2.16. The molecule has 1 aromatic carbocycles. The molecule has 1 heterocycles. The number of rotatable bonds is 6. The first-order valence-corrected chi connectivity index (χ1v) is 8.52. The van der Waals surface area contributed by atoms with Crippen LogP contribution in [0.2, 0.25) is 0 Å². The Hall–Kier alpha value is -2.76. The van der Waals surface area contributed by atoms with Crippen molar-refractivity contribution in [3.63, 3.8) is 0 Å². The molecule has 2 aromatic rings. The van der Waals surface area contributed by atoms with Crippen molar-refractivity contribution in [2.45, 2.75) is 32.1 Å². The average Bonchev–Trinajstić information content (AvgIpc) is 2.63. The monoisotopic (exact) mass is 340 g/mol. The Kier molecular flexibility index (Phi) is 5.72. The van der Waals surface area contributed by atoms with Crippen molar-refractivity contribution in [2.24, 2.45) is 0 Å². The lowest BCUT2D eigenvalue weighted by molar-refractivity contribution is 0.102. The van der Waals surface area contributed by atoms with Crippen LogP contribution in [-0.4, -0.2) is 22.4 Å². The van der Waals surface area contributed by atoms with Crippen LogP contribution in [0.4, 0.5) is 16.0 Å². The van der Waals surface area contributed by atoms with Gasteiger partial charge in [-0.05, 0) is 56.4 Å². The topological polar surface area (TPSA) is 66.9 Å². The summed E-state index contributed by atoms with van der Waals surface area (Å²) in [4.78, 5) is 20.6. The standard InChI is InChI=1S/C19H21FN4O/c20-15-7-4-8-16(13-15)23-18(25)17-10-12-22-19(24-17)21-11-9-14-5-2-1-3-6-14/h4-5,7-8,10,12-13H,1-3,6,9,11H2,(H,23,25)(H,21,22,24). The highest BCUT2D eigenvalue weighted by molar-refractivity contribution is 6.02. The predicted octanol–water partition coefficient (Wildman–Crippen LogP) is 4.17. The lowest BCUT2D eigenvalue weighted by Gasteiger charge is -2.13. The Labute approximate surface area is 146 Å². The van der Waals surface area contributed by atoms with Crippen molar-refractivity contribution >= 4 is 17.5 Å². The number of halogens is 1. The minimum absolute atomic E-state index is 0.235. The van der Waals surface area contributed by atoms with Crippen molar-refractivity contribution < 1.29 is 9.18 Å². The Bertz CT molecular complexity index is 776. The summed E-state index contributed by atoms with van der Waals surface area (Å²) in [6.07, 6.45) is 9.69. The summed E-state index contributed by atoms with van der Waals surface area (Å²) in [5, 5.41) is 5.79. The molecule has 0 unspecified atom stereocenters. The first kappa shape index (κ1) is 17.1. The number of carbonyl (C=O) groups excluding carboxylic acids is 1. The van der Waals surface area contributed by atoms with Crippen LogP contribution < -0.4 is 10.6 Å². The summed E-state index contributed by atoms with van der Waals surface area (Å²) in [6, 6.07) is 7.28. The van der Waals surface area contributed by atoms with Crippen LogP contribution in [0, 0.1) is 5.82 Å². The quantitative estimate of drug-likeness (QED) is 0.775. The molecule has 0 spiro atoms. The molecule has 0 fully saturated rings. The summed E-state index contributed by atoms with van der Waals surface area (Å²) in [6.45, 7) is 0.737. The second-order valence-corrected chi connectivity index (χ2v) is 6.01. The van der Waals surface area contributed by atoms with Gasteiger partial charge in [-0.1, -0.05) is 17.7 Å². The highest BCUT2D eigenvalue weighted by Crippen LogP contribution is 2.19. The molecule has 1 aromatic heterocycles. The molecule has 130 valence electrons. The van der Waals surface area contributed by atoms with Gasteiger partial charge >= 0.3 is 0 Å². The number of hydrogen-bond acceptors (Lipinski definition) is 4. The zero-order valence-electron chi connectivity index (χ0n) is 14.0. The third-order valence-corrected chi connectivity index (χ3v) is 4.08. The molecule has 0 radical (unpaired) electrons. The second-order valence-electron chi connectivity index (χ2n) is 6.01. The van der Waals surface area contributed by atoms with E-state index in [2.05, 4.69) is 26.7 Å². The van der Waals surface area contributed by atoms with Crippen LogP contribution in [0.15, 0.2) is 48.2 Å². The largest absolute Gasteiger partial charge is 0.354 e. The third kappa shape index (κ3) is 5.11. The van der Waals surface area contributed by atoms with E-state index in [9.17, 15) is 9.18 Å². The van der Waals surface area contributed by atoms with Gasteiger partial charge in [-0.15, -0.1) is 0 Å². The third-order valence-electron chi connectivity index (χ3n) is 4.08. The van der Waals surface area contributed by atoms with Crippen LogP contribution in [0.1, 0.15) is 42.6 Å². The molecule has 1 amide bonds. The molecular weight excluding hydrogens is 319 g/mol. The van der Waals surface area contributed by atoms with Gasteiger partial charge in [0.2, 0.25) is 5.95 Å². The summed E-state index contributed by atoms with van der Waals surface area (Å²) in [5.41, 5.74) is 2.10. The van der Waals surface area contributed by atoms with E-state index in [0.29, 0.717) is 11.6 Å². The van der Waals surface area contributed by atoms with Crippen molar-refractivity contribution in [3.8, 4) is 0 Å². The van der Waals surface area contributed by atoms with E-state index < -0.39 is 11.7 Å². The lowest BCUT2D eigenvalue weighted by atomic mass is 9.97. The number of benzene rings is 1. The molecule has 0 aliphatic heterocycles. The number of nitrogens with one attached hydrogen (secondary N) is 2. The second kappa shape index (κ2) is 8.37. The minimum Gasteiger partial charge on any atom is -0.354 e. The van der Waals surface area contributed by atoms with E-state index >= 15 is 0 Å². The number of hydrogen-bond donors (Lipinski definition) is 2. The van der Waals surface area contributed by atoms with Crippen LogP contribution in [0.5, 0.6) is 0 Å². The number of carbonyl (C=O) groups is 1. The molecule has 2 N–H and O–H groups in total. The highest BCUT2D eigenvalue weighted by Gasteiger charge is 2.10. The molecule has 5 nitrogen and oxygen atoms in total. The van der Waals surface area contributed by atoms with E-state index in [4.69, 9.17) is 0 Å². The van der Waals surface area contributed by atoms with Gasteiger partial charge in [-0.2, -0.15) is 0 Å². The number of amides is 1. The van der Waals surface area contributed by atoms with Gasteiger partial charge in [-0.25, -0.2) is 14.4 Å². The zero-order chi connectivity index (χ0) is 17.5. The van der Waals surface area contributed by atoms with Gasteiger partial charge in [-0.3, -0.25) is 4.79 Å². The van der Waals surface area contributed by atoms with Gasteiger partial charge in [0.1, 0.15) is 11.5 Å². The Balaban J connectivity index is 1.56. The van der Waals surface area contributed by atoms with E-state index in [1.165, 1.54) is 61.7 Å². The molecule has 1 aliphatic carbocycles. The number of aromatic nitrogens is 2. The van der Waals surface area contributed by atoms with Crippen molar-refractivity contribution in [2.75, 3.05) is 17.2 Å². The average molecular weight is 340 g/mol. The summed E-state index contributed by atoms with van der Waals surface area (Å²) >= 11 is 0. The van der Waals surface area contributed by atoms with Gasteiger partial charge in [0.05, 0.1) is 0 Å². The van der Waals surface area contributed by atoms with Gasteiger partial charge < -0.3 is 10.6 Å². The Morgan fingerprint density at radius 1 is 1.24 bits per heavy atom. The van der Waals surface area contributed by atoms with Crippen LogP contribution in [-0.2, 0) is 0 Å². The number of allylic oxidation sites excluding steroid dienone is 1. The van der Waals surface area contributed by atoms with E-state index in [-0.39, 0.29) is 5.69 Å². The maximum Gasteiger partial charge on any atom is 0.274 e. The molecule has 3 rings (SSSR count). The first-order chi connectivity index (χ1) is 12.2. The van der Waals surface area contributed by atoms with Crippen molar-refractivity contribution in [1.29, 1.82) is 0 Å². The highest BCUT2D eigenvalue weighted by atomic mass is 19.1. The van der Waals surface area contributed by atoms with E-state index in [0.717, 1.165) is 13.0 Å². The normalized spacial score (nSPS) is 13.9. The SMILES string of the molecule is O=C(Nc1cccc(F)c1)c1ccnc(NCCC2=CCCCC2)n1. The number of anilines is 2. The van der Waals surface area contributed by atoms with Crippen LogP contribution >= 0.6 is 0 Å².